The van der Waals surface area contributed by atoms with E-state index < -0.39 is 11.9 Å². The highest BCUT2D eigenvalue weighted by Gasteiger charge is 2.14. The molecule has 142 valence electrons. The van der Waals surface area contributed by atoms with E-state index >= 15 is 0 Å². The minimum atomic E-state index is -0.609. The van der Waals surface area contributed by atoms with Crippen LogP contribution in [0.15, 0.2) is 42.5 Å². The van der Waals surface area contributed by atoms with Gasteiger partial charge in [0, 0.05) is 5.69 Å². The number of amides is 1. The molecule has 0 fully saturated rings. The Labute approximate surface area is 156 Å². The van der Waals surface area contributed by atoms with Crippen LogP contribution in [0.2, 0.25) is 0 Å². The highest BCUT2D eigenvalue weighted by Crippen LogP contribution is 2.23. The monoisotopic (exact) mass is 372 g/mol. The van der Waals surface area contributed by atoms with Crippen molar-refractivity contribution in [2.24, 2.45) is 0 Å². The third-order valence-corrected chi connectivity index (χ3v) is 3.61. The van der Waals surface area contributed by atoms with Crippen LogP contribution in [0.5, 0.6) is 5.75 Å². The van der Waals surface area contributed by atoms with Crippen molar-refractivity contribution in [1.29, 1.82) is 0 Å². The number of anilines is 2. The first-order valence-electron chi connectivity index (χ1n) is 7.97. The summed E-state index contributed by atoms with van der Waals surface area (Å²) in [6.07, 6.45) is 0. The van der Waals surface area contributed by atoms with Gasteiger partial charge in [0.1, 0.15) is 5.75 Å². The number of carbonyl (C=O) groups is 3. The zero-order valence-electron chi connectivity index (χ0n) is 15.2. The number of esters is 2. The van der Waals surface area contributed by atoms with Crippen LogP contribution < -0.4 is 15.4 Å². The molecule has 27 heavy (non-hydrogen) atoms. The molecule has 0 bridgehead atoms. The van der Waals surface area contributed by atoms with Gasteiger partial charge in [0.15, 0.2) is 0 Å². The number of nitrogens with one attached hydrogen (secondary N) is 2. The molecule has 2 aromatic carbocycles. The predicted molar refractivity (Wildman–Crippen MR) is 99.2 cm³/mol. The Balaban J connectivity index is 2.12. The average molecular weight is 372 g/mol. The summed E-state index contributed by atoms with van der Waals surface area (Å²) in [6, 6.07) is 11.3. The van der Waals surface area contributed by atoms with E-state index in [1.807, 2.05) is 0 Å². The van der Waals surface area contributed by atoms with Crippen molar-refractivity contribution in [3.8, 4) is 5.75 Å². The summed E-state index contributed by atoms with van der Waals surface area (Å²) in [6.45, 7) is -0.0940. The lowest BCUT2D eigenvalue weighted by atomic mass is 10.1. The number of methoxy groups -OCH3 is 3. The van der Waals surface area contributed by atoms with Crippen LogP contribution in [0.3, 0.4) is 0 Å². The van der Waals surface area contributed by atoms with Gasteiger partial charge in [-0.2, -0.15) is 0 Å². The summed E-state index contributed by atoms with van der Waals surface area (Å²) < 4.78 is 14.5. The Morgan fingerprint density at radius 3 is 2.04 bits per heavy atom. The lowest BCUT2D eigenvalue weighted by Gasteiger charge is -2.12. The molecular formula is C19H20N2O6. The standard InChI is InChI=1S/C19H20N2O6/c1-25-16-7-5-4-6-15(16)21-17(22)11-20-14-9-12(18(23)26-2)8-13(10-14)19(24)27-3/h4-10,20H,11H2,1-3H3,(H,21,22). The van der Waals surface area contributed by atoms with Crippen LogP contribution in [0, 0.1) is 0 Å². The number of para-hydroxylation sites is 2. The first-order chi connectivity index (χ1) is 13.0. The Hall–Kier alpha value is -3.55. The molecule has 2 rings (SSSR count). The van der Waals surface area contributed by atoms with Crippen molar-refractivity contribution in [2.45, 2.75) is 0 Å². The van der Waals surface area contributed by atoms with Crippen LogP contribution in [0.1, 0.15) is 20.7 Å². The summed E-state index contributed by atoms with van der Waals surface area (Å²) >= 11 is 0. The Bertz CT molecular complexity index is 816. The molecule has 0 aliphatic rings. The largest absolute Gasteiger partial charge is 0.495 e. The molecule has 2 aromatic rings. The molecule has 0 aliphatic carbocycles. The summed E-state index contributed by atoms with van der Waals surface area (Å²) in [4.78, 5) is 35.8. The van der Waals surface area contributed by atoms with Crippen molar-refractivity contribution in [2.75, 3.05) is 38.5 Å². The zero-order chi connectivity index (χ0) is 19.8. The fraction of sp³-hybridized carbons (Fsp3) is 0.211. The van der Waals surface area contributed by atoms with Crippen LogP contribution in [0.4, 0.5) is 11.4 Å². The number of ether oxygens (including phenoxy) is 3. The fourth-order valence-electron chi connectivity index (χ4n) is 2.33. The summed E-state index contributed by atoms with van der Waals surface area (Å²) in [5.74, 6) is -1.02. The first kappa shape index (κ1) is 19.8. The van der Waals surface area contributed by atoms with Gasteiger partial charge in [-0.15, -0.1) is 0 Å². The number of carbonyl (C=O) groups excluding carboxylic acids is 3. The minimum absolute atomic E-state index is 0.0940. The third kappa shape index (κ3) is 5.21. The van der Waals surface area contributed by atoms with Crippen LogP contribution in [-0.4, -0.2) is 45.7 Å². The molecule has 0 aromatic heterocycles. The van der Waals surface area contributed by atoms with Crippen molar-refractivity contribution < 1.29 is 28.6 Å². The Morgan fingerprint density at radius 2 is 1.48 bits per heavy atom. The maximum atomic E-state index is 12.2. The molecule has 0 spiro atoms. The van der Waals surface area contributed by atoms with Crippen molar-refractivity contribution in [3.63, 3.8) is 0 Å². The summed E-state index contributed by atoms with van der Waals surface area (Å²) in [5, 5.41) is 5.59. The SMILES string of the molecule is COC(=O)c1cc(NCC(=O)Nc2ccccc2OC)cc(C(=O)OC)c1. The van der Waals surface area contributed by atoms with Gasteiger partial charge in [-0.25, -0.2) is 9.59 Å². The van der Waals surface area contributed by atoms with E-state index in [-0.39, 0.29) is 23.6 Å². The number of benzene rings is 2. The van der Waals surface area contributed by atoms with Gasteiger partial charge in [-0.3, -0.25) is 4.79 Å². The molecule has 8 heteroatoms. The quantitative estimate of drug-likeness (QED) is 0.719. The van der Waals surface area contributed by atoms with E-state index in [0.717, 1.165) is 0 Å². The van der Waals surface area contributed by atoms with Gasteiger partial charge in [-0.05, 0) is 30.3 Å². The van der Waals surface area contributed by atoms with Gasteiger partial charge >= 0.3 is 11.9 Å². The molecule has 0 saturated carbocycles. The van der Waals surface area contributed by atoms with Crippen LogP contribution >= 0.6 is 0 Å². The van der Waals surface area contributed by atoms with E-state index in [1.54, 1.807) is 24.3 Å². The van der Waals surface area contributed by atoms with Gasteiger partial charge < -0.3 is 24.8 Å². The Morgan fingerprint density at radius 1 is 0.889 bits per heavy atom. The maximum absolute atomic E-state index is 12.2. The normalized spacial score (nSPS) is 9.89. The molecule has 0 radical (unpaired) electrons. The highest BCUT2D eigenvalue weighted by atomic mass is 16.5. The summed E-state index contributed by atoms with van der Waals surface area (Å²) in [5.41, 5.74) is 1.25. The van der Waals surface area contributed by atoms with Gasteiger partial charge in [0.25, 0.3) is 0 Å². The topological polar surface area (TPSA) is 103 Å². The summed E-state index contributed by atoms with van der Waals surface area (Å²) in [7, 11) is 3.98. The molecule has 0 heterocycles. The molecule has 1 amide bonds. The van der Waals surface area contributed by atoms with Gasteiger partial charge in [-0.1, -0.05) is 12.1 Å². The third-order valence-electron chi connectivity index (χ3n) is 3.61. The van der Waals surface area contributed by atoms with E-state index in [9.17, 15) is 14.4 Å². The number of hydrogen-bond acceptors (Lipinski definition) is 7. The molecule has 2 N–H and O–H groups in total. The van der Waals surface area contributed by atoms with Crippen molar-refractivity contribution >= 4 is 29.2 Å². The van der Waals surface area contributed by atoms with E-state index in [2.05, 4.69) is 20.1 Å². The lowest BCUT2D eigenvalue weighted by molar-refractivity contribution is -0.114. The second-order valence-electron chi connectivity index (χ2n) is 5.38. The Kier molecular flexibility index (Phi) is 6.76. The predicted octanol–water partition coefficient (Wildman–Crippen LogP) is 2.32. The van der Waals surface area contributed by atoms with Crippen molar-refractivity contribution in [3.05, 3.63) is 53.6 Å². The van der Waals surface area contributed by atoms with Gasteiger partial charge in [0.05, 0.1) is 44.7 Å². The molecule has 0 unspecified atom stereocenters. The average Bonchev–Trinajstić information content (AvgIpc) is 2.71. The van der Waals surface area contributed by atoms with Crippen LogP contribution in [0.25, 0.3) is 0 Å². The maximum Gasteiger partial charge on any atom is 0.337 e. The highest BCUT2D eigenvalue weighted by molar-refractivity contribution is 5.98. The second-order valence-corrected chi connectivity index (χ2v) is 5.38. The molecule has 0 saturated heterocycles. The van der Waals surface area contributed by atoms with E-state index in [0.29, 0.717) is 17.1 Å². The molecular weight excluding hydrogens is 352 g/mol. The van der Waals surface area contributed by atoms with Crippen molar-refractivity contribution in [1.82, 2.24) is 0 Å². The molecule has 0 aliphatic heterocycles. The van der Waals surface area contributed by atoms with Crippen LogP contribution in [-0.2, 0) is 14.3 Å². The fourth-order valence-corrected chi connectivity index (χ4v) is 2.33. The smallest absolute Gasteiger partial charge is 0.337 e. The zero-order valence-corrected chi connectivity index (χ0v) is 15.2. The number of rotatable bonds is 7. The molecule has 8 nitrogen and oxygen atoms in total. The van der Waals surface area contributed by atoms with E-state index in [1.165, 1.54) is 39.5 Å². The van der Waals surface area contributed by atoms with E-state index in [4.69, 9.17) is 4.74 Å². The molecule has 0 atom stereocenters. The lowest BCUT2D eigenvalue weighted by Crippen LogP contribution is -2.22. The first-order valence-corrected chi connectivity index (χ1v) is 7.97. The minimum Gasteiger partial charge on any atom is -0.495 e. The second kappa shape index (κ2) is 9.23. The number of hydrogen-bond donors (Lipinski definition) is 2. The van der Waals surface area contributed by atoms with Gasteiger partial charge in [0.2, 0.25) is 5.91 Å².